The minimum absolute atomic E-state index is 0.0129. The van der Waals surface area contributed by atoms with E-state index < -0.39 is 11.7 Å². The van der Waals surface area contributed by atoms with Crippen molar-refractivity contribution in [2.45, 2.75) is 50.0 Å². The summed E-state index contributed by atoms with van der Waals surface area (Å²) in [5, 5.41) is 3.66. The Morgan fingerprint density at radius 3 is 2.67 bits per heavy atom. The molecule has 2 aliphatic rings. The molecule has 2 aliphatic heterocycles. The molecule has 0 unspecified atom stereocenters. The van der Waals surface area contributed by atoms with Crippen LogP contribution in [0.4, 0.5) is 13.2 Å². The Kier molecular flexibility index (Phi) is 8.43. The summed E-state index contributed by atoms with van der Waals surface area (Å²) in [4.78, 5) is 23.4. The lowest BCUT2D eigenvalue weighted by Gasteiger charge is -2.38. The number of halogens is 3. The van der Waals surface area contributed by atoms with E-state index in [1.165, 1.54) is 19.5 Å². The van der Waals surface area contributed by atoms with E-state index in [0.29, 0.717) is 37.6 Å². The van der Waals surface area contributed by atoms with Crippen LogP contribution < -0.4 is 10.1 Å². The molecule has 0 bridgehead atoms. The van der Waals surface area contributed by atoms with Gasteiger partial charge in [0.15, 0.2) is 11.4 Å². The number of nitrogens with zero attached hydrogens (tertiary/aromatic N) is 3. The third-order valence-corrected chi connectivity index (χ3v) is 6.75. The van der Waals surface area contributed by atoms with Crippen molar-refractivity contribution in [2.75, 3.05) is 40.5 Å². The zero-order chi connectivity index (χ0) is 25.7. The maximum Gasteiger partial charge on any atom is 0.416 e. The van der Waals surface area contributed by atoms with Crippen molar-refractivity contribution >= 4 is 5.91 Å². The molecule has 11 heteroatoms. The number of benzene rings is 1. The predicted octanol–water partition coefficient (Wildman–Crippen LogP) is 3.09. The second-order valence-corrected chi connectivity index (χ2v) is 9.05. The van der Waals surface area contributed by atoms with Crippen LogP contribution in [0, 0.1) is 0 Å². The number of ether oxygens (including phenoxy) is 3. The highest BCUT2D eigenvalue weighted by Gasteiger charge is 2.33. The molecule has 4 rings (SSSR count). The average molecular weight is 509 g/mol. The summed E-state index contributed by atoms with van der Waals surface area (Å²) in [6, 6.07) is 5.52. The highest BCUT2D eigenvalue weighted by molar-refractivity contribution is 5.95. The van der Waals surface area contributed by atoms with Crippen molar-refractivity contribution in [3.8, 4) is 5.75 Å². The zero-order valence-corrected chi connectivity index (χ0v) is 20.4. The molecule has 0 saturated carbocycles. The van der Waals surface area contributed by atoms with Crippen molar-refractivity contribution in [3.05, 3.63) is 53.1 Å². The van der Waals surface area contributed by atoms with Gasteiger partial charge in [0.1, 0.15) is 6.33 Å². The number of aromatic nitrogens is 2. The second-order valence-electron chi connectivity index (χ2n) is 9.05. The van der Waals surface area contributed by atoms with Crippen LogP contribution in [-0.4, -0.2) is 79.5 Å². The molecule has 0 spiro atoms. The molecule has 2 saturated heterocycles. The van der Waals surface area contributed by atoms with Crippen molar-refractivity contribution in [1.82, 2.24) is 20.2 Å². The fraction of sp³-hybridized carbons (Fsp3) is 0.560. The molecule has 36 heavy (non-hydrogen) atoms. The summed E-state index contributed by atoms with van der Waals surface area (Å²) in [7, 11) is 3.09. The first kappa shape index (κ1) is 26.3. The highest BCUT2D eigenvalue weighted by atomic mass is 19.4. The smallest absolute Gasteiger partial charge is 0.416 e. The number of nitrogens with one attached hydrogen (secondary N) is 1. The fourth-order valence-corrected chi connectivity index (χ4v) is 4.79. The van der Waals surface area contributed by atoms with E-state index in [1.807, 2.05) is 0 Å². The quantitative estimate of drug-likeness (QED) is 0.615. The number of piperidine rings is 1. The summed E-state index contributed by atoms with van der Waals surface area (Å²) in [6.07, 6.45) is -0.655. The van der Waals surface area contributed by atoms with E-state index in [9.17, 15) is 18.0 Å². The molecule has 3 heterocycles. The summed E-state index contributed by atoms with van der Waals surface area (Å²) >= 11 is 0. The van der Waals surface area contributed by atoms with Crippen LogP contribution in [0.15, 0.2) is 30.6 Å². The third-order valence-electron chi connectivity index (χ3n) is 6.75. The van der Waals surface area contributed by atoms with Gasteiger partial charge in [-0.05, 0) is 30.9 Å². The lowest BCUT2D eigenvalue weighted by Crippen LogP contribution is -2.54. The first-order valence-corrected chi connectivity index (χ1v) is 12.0. The molecule has 1 aromatic carbocycles. The largest absolute Gasteiger partial charge is 0.492 e. The molecule has 2 atom stereocenters. The van der Waals surface area contributed by atoms with E-state index in [2.05, 4.69) is 15.3 Å². The number of hydrogen-bond acceptors (Lipinski definition) is 7. The lowest BCUT2D eigenvalue weighted by molar-refractivity contribution is -0.137. The summed E-state index contributed by atoms with van der Waals surface area (Å²) < 4.78 is 55.8. The van der Waals surface area contributed by atoms with Gasteiger partial charge in [0.2, 0.25) is 0 Å². The Morgan fingerprint density at radius 1 is 1.19 bits per heavy atom. The Hall–Kier alpha value is -2.76. The van der Waals surface area contributed by atoms with E-state index in [-0.39, 0.29) is 42.0 Å². The number of rotatable bonds is 7. The second kappa shape index (κ2) is 11.5. The molecule has 196 valence electrons. The molecular weight excluding hydrogens is 477 g/mol. The first-order valence-electron chi connectivity index (χ1n) is 12.0. The van der Waals surface area contributed by atoms with Gasteiger partial charge in [-0.1, -0.05) is 18.2 Å². The molecule has 2 aromatic rings. The van der Waals surface area contributed by atoms with Crippen molar-refractivity contribution in [3.63, 3.8) is 0 Å². The van der Waals surface area contributed by atoms with Crippen molar-refractivity contribution in [2.24, 2.45) is 0 Å². The standard InChI is InChI=1S/C25H31F3N4O4/c1-34-21-14-36-11-8-19(21)31-18-6-9-32(10-7-18)24(33)22-23(35-2)20(29-15-30-22)13-16-4-3-5-17(12-16)25(26,27)28/h3-5,12,15,18-19,21,31H,6-11,13-14H2,1-2H3/t19-,21+/m1/s1. The molecule has 1 aromatic heterocycles. The highest BCUT2D eigenvalue weighted by Crippen LogP contribution is 2.31. The number of carbonyl (C=O) groups excluding carboxylic acids is 1. The number of likely N-dealkylation sites (tertiary alicyclic amines) is 1. The molecule has 8 nitrogen and oxygen atoms in total. The predicted molar refractivity (Wildman–Crippen MR) is 125 cm³/mol. The van der Waals surface area contributed by atoms with Crippen LogP contribution in [-0.2, 0) is 22.1 Å². The van der Waals surface area contributed by atoms with Gasteiger partial charge in [-0.25, -0.2) is 9.97 Å². The Morgan fingerprint density at radius 2 is 1.97 bits per heavy atom. The number of amides is 1. The normalized spacial score (nSPS) is 21.4. The number of alkyl halides is 3. The van der Waals surface area contributed by atoms with Crippen LogP contribution in [0.3, 0.4) is 0 Å². The number of methoxy groups -OCH3 is 2. The fourth-order valence-electron chi connectivity index (χ4n) is 4.79. The van der Waals surface area contributed by atoms with Gasteiger partial charge in [0.25, 0.3) is 5.91 Å². The van der Waals surface area contributed by atoms with E-state index in [4.69, 9.17) is 14.2 Å². The minimum Gasteiger partial charge on any atom is -0.492 e. The van der Waals surface area contributed by atoms with Crippen LogP contribution in [0.2, 0.25) is 0 Å². The lowest BCUT2D eigenvalue weighted by atomic mass is 9.99. The van der Waals surface area contributed by atoms with Gasteiger partial charge in [-0.15, -0.1) is 0 Å². The zero-order valence-electron chi connectivity index (χ0n) is 20.4. The van der Waals surface area contributed by atoms with E-state index in [1.54, 1.807) is 18.1 Å². The van der Waals surface area contributed by atoms with Crippen LogP contribution in [0.25, 0.3) is 0 Å². The maximum atomic E-state index is 13.3. The SMILES string of the molecule is COc1c(Cc2cccc(C(F)(F)F)c2)ncnc1C(=O)N1CCC(N[C@@H]2CCOC[C@@H]2OC)CC1. The molecule has 0 radical (unpaired) electrons. The molecular formula is C25H31F3N4O4. The van der Waals surface area contributed by atoms with Gasteiger partial charge in [0.05, 0.1) is 31.1 Å². The summed E-state index contributed by atoms with van der Waals surface area (Å²) in [5.41, 5.74) is 0.148. The van der Waals surface area contributed by atoms with Gasteiger partial charge in [-0.2, -0.15) is 13.2 Å². The van der Waals surface area contributed by atoms with Crippen LogP contribution >= 0.6 is 0 Å². The Bertz CT molecular complexity index is 1040. The average Bonchev–Trinajstić information content (AvgIpc) is 2.88. The summed E-state index contributed by atoms with van der Waals surface area (Å²) in [5.74, 6) is -0.0934. The van der Waals surface area contributed by atoms with Gasteiger partial charge in [-0.3, -0.25) is 4.79 Å². The number of carbonyl (C=O) groups is 1. The molecule has 1 amide bonds. The first-order chi connectivity index (χ1) is 17.3. The van der Waals surface area contributed by atoms with Crippen molar-refractivity contribution < 1.29 is 32.2 Å². The van der Waals surface area contributed by atoms with Crippen LogP contribution in [0.5, 0.6) is 5.75 Å². The van der Waals surface area contributed by atoms with Gasteiger partial charge in [0, 0.05) is 45.3 Å². The molecule has 0 aliphatic carbocycles. The third kappa shape index (κ3) is 6.13. The Balaban J connectivity index is 1.42. The molecule has 2 fully saturated rings. The monoisotopic (exact) mass is 508 g/mol. The van der Waals surface area contributed by atoms with Crippen molar-refractivity contribution in [1.29, 1.82) is 0 Å². The minimum atomic E-state index is -4.44. The number of hydrogen-bond donors (Lipinski definition) is 1. The van der Waals surface area contributed by atoms with E-state index >= 15 is 0 Å². The Labute approximate surface area is 208 Å². The summed E-state index contributed by atoms with van der Waals surface area (Å²) in [6.45, 7) is 2.37. The van der Waals surface area contributed by atoms with Gasteiger partial charge >= 0.3 is 6.18 Å². The van der Waals surface area contributed by atoms with Gasteiger partial charge < -0.3 is 24.4 Å². The maximum absolute atomic E-state index is 13.3. The van der Waals surface area contributed by atoms with E-state index in [0.717, 1.165) is 31.4 Å². The topological polar surface area (TPSA) is 85.8 Å². The van der Waals surface area contributed by atoms with Crippen LogP contribution in [0.1, 0.15) is 46.6 Å². The molecule has 1 N–H and O–H groups in total.